The Morgan fingerprint density at radius 2 is 1.97 bits per heavy atom. The molecule has 3 N–H and O–H groups in total. The first-order chi connectivity index (χ1) is 14.0. The third kappa shape index (κ3) is 5.18. The molecule has 6 atom stereocenters. The molecule has 3 heteroatoms. The summed E-state index contributed by atoms with van der Waals surface area (Å²) in [6.45, 7) is 12.6. The number of aliphatic hydroxyl groups is 3. The summed E-state index contributed by atoms with van der Waals surface area (Å²) in [6.07, 6.45) is 15.6. The standard InChI is InChI=1S/C27H42O3/c1-18(8-6-14-26(3,4)30)23-12-13-24-20(9-7-15-27(23,24)5)10-11-21-16-22(28)17-25(29)19(21)2/h6,8,10-11,18,22-25,28-30H,2,7,9,12-17H2,1,3-5H3/b8-6+,20-10+,21-11+/t18-,22-,23-,24+,25+,27-/m1/s1. The molecule has 0 aliphatic heterocycles. The first kappa shape index (κ1) is 23.5. The highest BCUT2D eigenvalue weighted by atomic mass is 16.3. The topological polar surface area (TPSA) is 60.7 Å². The second-order valence-electron chi connectivity index (χ2n) is 11.0. The number of hydrogen-bond donors (Lipinski definition) is 3. The van der Waals surface area contributed by atoms with E-state index in [-0.39, 0.29) is 0 Å². The van der Waals surface area contributed by atoms with Crippen molar-refractivity contribution in [3.63, 3.8) is 0 Å². The highest BCUT2D eigenvalue weighted by Crippen LogP contribution is 2.59. The largest absolute Gasteiger partial charge is 0.393 e. The van der Waals surface area contributed by atoms with E-state index in [9.17, 15) is 15.3 Å². The van der Waals surface area contributed by atoms with Gasteiger partial charge in [-0.3, -0.25) is 0 Å². The van der Waals surface area contributed by atoms with Crippen molar-refractivity contribution in [2.45, 2.75) is 96.9 Å². The van der Waals surface area contributed by atoms with Crippen LogP contribution in [0.4, 0.5) is 0 Å². The van der Waals surface area contributed by atoms with Crippen LogP contribution in [0, 0.1) is 23.2 Å². The van der Waals surface area contributed by atoms with Crippen molar-refractivity contribution in [1.82, 2.24) is 0 Å². The zero-order valence-electron chi connectivity index (χ0n) is 19.4. The van der Waals surface area contributed by atoms with E-state index >= 15 is 0 Å². The van der Waals surface area contributed by atoms with Crippen molar-refractivity contribution in [2.24, 2.45) is 23.2 Å². The Balaban J connectivity index is 1.75. The van der Waals surface area contributed by atoms with Crippen molar-refractivity contribution in [3.05, 3.63) is 47.6 Å². The van der Waals surface area contributed by atoms with E-state index in [0.717, 1.165) is 17.6 Å². The van der Waals surface area contributed by atoms with Crippen molar-refractivity contribution in [2.75, 3.05) is 0 Å². The molecule has 0 unspecified atom stereocenters. The van der Waals surface area contributed by atoms with E-state index in [1.54, 1.807) is 0 Å². The summed E-state index contributed by atoms with van der Waals surface area (Å²) in [5, 5.41) is 30.1. The molecule has 0 aromatic rings. The van der Waals surface area contributed by atoms with Crippen molar-refractivity contribution < 1.29 is 15.3 Å². The average Bonchev–Trinajstić information content (AvgIpc) is 3.00. The van der Waals surface area contributed by atoms with Crippen LogP contribution in [0.3, 0.4) is 0 Å². The average molecular weight is 415 g/mol. The summed E-state index contributed by atoms with van der Waals surface area (Å²) in [7, 11) is 0. The van der Waals surface area contributed by atoms with Gasteiger partial charge >= 0.3 is 0 Å². The molecule has 0 aromatic heterocycles. The van der Waals surface area contributed by atoms with E-state index in [4.69, 9.17) is 0 Å². The maximum Gasteiger partial charge on any atom is 0.0811 e. The molecule has 3 fully saturated rings. The van der Waals surface area contributed by atoms with Gasteiger partial charge < -0.3 is 15.3 Å². The summed E-state index contributed by atoms with van der Waals surface area (Å²) in [5.74, 6) is 1.80. The molecule has 0 aromatic carbocycles. The number of hydrogen-bond acceptors (Lipinski definition) is 3. The van der Waals surface area contributed by atoms with Crippen LogP contribution in [0.15, 0.2) is 47.6 Å². The SMILES string of the molecule is C=C1/C(=C/C=C2\CCC[C@]3(C)[C@@H]([C@H](C)/C=C/CC(C)(C)O)CC[C@@H]23)C[C@@H](O)C[C@@H]1O. The Labute approximate surface area is 183 Å². The van der Waals surface area contributed by atoms with E-state index in [0.29, 0.717) is 42.4 Å². The fraction of sp³-hybridized carbons (Fsp3) is 0.704. The Morgan fingerprint density at radius 1 is 1.23 bits per heavy atom. The summed E-state index contributed by atoms with van der Waals surface area (Å²) in [5.41, 5.74) is 2.98. The molecule has 3 aliphatic rings. The summed E-state index contributed by atoms with van der Waals surface area (Å²) < 4.78 is 0. The van der Waals surface area contributed by atoms with Crippen LogP contribution in [0.25, 0.3) is 0 Å². The number of allylic oxidation sites excluding steroid dienone is 4. The first-order valence-electron chi connectivity index (χ1n) is 11.8. The molecule has 0 amide bonds. The smallest absolute Gasteiger partial charge is 0.0811 e. The molecule has 0 saturated heterocycles. The molecule has 0 bridgehead atoms. The van der Waals surface area contributed by atoms with Gasteiger partial charge in [0.15, 0.2) is 0 Å². The maximum atomic E-state index is 10.1. The maximum absolute atomic E-state index is 10.1. The van der Waals surface area contributed by atoms with Gasteiger partial charge in [0.05, 0.1) is 17.8 Å². The zero-order valence-corrected chi connectivity index (χ0v) is 19.4. The van der Waals surface area contributed by atoms with Crippen LogP contribution in [0.1, 0.15) is 79.1 Å². The van der Waals surface area contributed by atoms with Gasteiger partial charge in [0.1, 0.15) is 0 Å². The minimum Gasteiger partial charge on any atom is -0.393 e. The predicted octanol–water partition coefficient (Wildman–Crippen LogP) is 5.48. The van der Waals surface area contributed by atoms with E-state index in [1.807, 2.05) is 13.8 Å². The second-order valence-corrected chi connectivity index (χ2v) is 11.0. The van der Waals surface area contributed by atoms with Crippen LogP contribution in [-0.4, -0.2) is 33.1 Å². The van der Waals surface area contributed by atoms with Gasteiger partial charge in [-0.2, -0.15) is 0 Å². The van der Waals surface area contributed by atoms with Gasteiger partial charge in [0.2, 0.25) is 0 Å². The lowest BCUT2D eigenvalue weighted by Gasteiger charge is -2.44. The van der Waals surface area contributed by atoms with Crippen LogP contribution in [-0.2, 0) is 0 Å². The van der Waals surface area contributed by atoms with Crippen LogP contribution in [0.2, 0.25) is 0 Å². The lowest BCUT2D eigenvalue weighted by atomic mass is 9.61. The quantitative estimate of drug-likeness (QED) is 0.522. The molecular weight excluding hydrogens is 372 g/mol. The third-order valence-electron chi connectivity index (χ3n) is 7.99. The molecule has 0 spiro atoms. The molecule has 0 heterocycles. The third-order valence-corrected chi connectivity index (χ3v) is 7.99. The molecule has 3 nitrogen and oxygen atoms in total. The molecule has 3 saturated carbocycles. The summed E-state index contributed by atoms with van der Waals surface area (Å²) in [4.78, 5) is 0. The van der Waals surface area contributed by atoms with Crippen molar-refractivity contribution in [1.29, 1.82) is 0 Å². The summed E-state index contributed by atoms with van der Waals surface area (Å²) in [6, 6.07) is 0. The van der Waals surface area contributed by atoms with E-state index < -0.39 is 17.8 Å². The number of aliphatic hydroxyl groups excluding tert-OH is 2. The molecule has 3 rings (SSSR count). The Bertz CT molecular complexity index is 723. The minimum atomic E-state index is -0.642. The van der Waals surface area contributed by atoms with Crippen LogP contribution in [0.5, 0.6) is 0 Å². The fourth-order valence-electron chi connectivity index (χ4n) is 6.31. The van der Waals surface area contributed by atoms with E-state index in [1.165, 1.54) is 31.3 Å². The van der Waals surface area contributed by atoms with Gasteiger partial charge in [-0.25, -0.2) is 0 Å². The zero-order chi connectivity index (χ0) is 22.1. The Hall–Kier alpha value is -1.16. The van der Waals surface area contributed by atoms with Crippen LogP contribution < -0.4 is 0 Å². The molecule has 168 valence electrons. The first-order valence-corrected chi connectivity index (χ1v) is 11.8. The molecule has 3 aliphatic carbocycles. The molecular formula is C27H42O3. The highest BCUT2D eigenvalue weighted by Gasteiger charge is 2.50. The fourth-order valence-corrected chi connectivity index (χ4v) is 6.31. The Morgan fingerprint density at radius 3 is 2.67 bits per heavy atom. The van der Waals surface area contributed by atoms with Gasteiger partial charge in [0.25, 0.3) is 0 Å². The normalized spacial score (nSPS) is 39.1. The van der Waals surface area contributed by atoms with Gasteiger partial charge in [-0.15, -0.1) is 0 Å². The molecule has 0 radical (unpaired) electrons. The van der Waals surface area contributed by atoms with Crippen molar-refractivity contribution >= 4 is 0 Å². The lowest BCUT2D eigenvalue weighted by molar-refractivity contribution is 0.0830. The highest BCUT2D eigenvalue weighted by molar-refractivity contribution is 5.38. The predicted molar refractivity (Wildman–Crippen MR) is 124 cm³/mol. The Kier molecular flexibility index (Phi) is 7.16. The van der Waals surface area contributed by atoms with E-state index in [2.05, 4.69) is 44.7 Å². The number of rotatable bonds is 5. The monoisotopic (exact) mass is 414 g/mol. The van der Waals surface area contributed by atoms with Crippen LogP contribution >= 0.6 is 0 Å². The lowest BCUT2D eigenvalue weighted by Crippen LogP contribution is -2.35. The van der Waals surface area contributed by atoms with Crippen molar-refractivity contribution in [3.8, 4) is 0 Å². The second kappa shape index (κ2) is 9.14. The number of fused-ring (bicyclic) bond motifs is 1. The molecule has 30 heavy (non-hydrogen) atoms. The van der Waals surface area contributed by atoms with Gasteiger partial charge in [-0.05, 0) is 93.1 Å². The summed E-state index contributed by atoms with van der Waals surface area (Å²) >= 11 is 0. The van der Waals surface area contributed by atoms with Gasteiger partial charge in [0, 0.05) is 6.42 Å². The van der Waals surface area contributed by atoms with Gasteiger partial charge in [-0.1, -0.05) is 50.3 Å². The minimum absolute atomic E-state index is 0.323.